The van der Waals surface area contributed by atoms with Crippen molar-refractivity contribution in [2.45, 2.75) is 12.3 Å². The molecule has 1 aliphatic rings. The molecule has 0 aliphatic carbocycles. The van der Waals surface area contributed by atoms with Gasteiger partial charge in [-0.3, -0.25) is 4.79 Å². The maximum absolute atomic E-state index is 12.6. The first-order valence-corrected chi connectivity index (χ1v) is 10.6. The van der Waals surface area contributed by atoms with Crippen LogP contribution < -0.4 is 5.32 Å². The maximum Gasteiger partial charge on any atom is 0.251 e. The molecule has 0 atom stereocenters. The Morgan fingerprint density at radius 2 is 1.56 bits per heavy atom. The van der Waals surface area contributed by atoms with Crippen LogP contribution in [0.15, 0.2) is 54.6 Å². The van der Waals surface area contributed by atoms with Crippen LogP contribution in [0, 0.1) is 0 Å². The number of hydrogen-bond donors (Lipinski definition) is 1. The van der Waals surface area contributed by atoms with E-state index in [0.717, 1.165) is 18.7 Å². The number of piperazine rings is 1. The highest BCUT2D eigenvalue weighted by molar-refractivity contribution is 7.88. The Hall–Kier alpha value is -2.22. The molecule has 0 spiro atoms. The third-order valence-corrected chi connectivity index (χ3v) is 6.57. The topological polar surface area (TPSA) is 69.7 Å². The second-order valence-corrected chi connectivity index (χ2v) is 8.79. The molecule has 0 radical (unpaired) electrons. The van der Waals surface area contributed by atoms with E-state index < -0.39 is 10.0 Å². The first kappa shape index (κ1) is 19.5. The Balaban J connectivity index is 1.57. The molecule has 3 rings (SSSR count). The Kier molecular flexibility index (Phi) is 6.26. The van der Waals surface area contributed by atoms with Crippen molar-refractivity contribution in [3.8, 4) is 0 Å². The summed E-state index contributed by atoms with van der Waals surface area (Å²) in [6, 6.07) is 16.5. The summed E-state index contributed by atoms with van der Waals surface area (Å²) in [7, 11) is -1.34. The van der Waals surface area contributed by atoms with Crippen molar-refractivity contribution in [3.05, 3.63) is 71.3 Å². The first-order valence-electron chi connectivity index (χ1n) is 9.01. The van der Waals surface area contributed by atoms with Crippen LogP contribution in [0.4, 0.5) is 0 Å². The zero-order valence-corrected chi connectivity index (χ0v) is 16.3. The van der Waals surface area contributed by atoms with Crippen LogP contribution in [0.25, 0.3) is 0 Å². The van der Waals surface area contributed by atoms with Gasteiger partial charge in [0.1, 0.15) is 0 Å². The molecular formula is C20H25N3O3S. The Morgan fingerprint density at radius 1 is 0.926 bits per heavy atom. The lowest BCUT2D eigenvalue weighted by Gasteiger charge is -2.31. The molecule has 1 heterocycles. The number of rotatable bonds is 6. The van der Waals surface area contributed by atoms with Gasteiger partial charge in [0.05, 0.1) is 5.75 Å². The van der Waals surface area contributed by atoms with Gasteiger partial charge in [0, 0.05) is 38.3 Å². The third-order valence-electron chi connectivity index (χ3n) is 4.72. The van der Waals surface area contributed by atoms with Crippen LogP contribution in [-0.2, 0) is 22.3 Å². The van der Waals surface area contributed by atoms with E-state index in [1.165, 1.54) is 0 Å². The average Bonchev–Trinajstić information content (AvgIpc) is 2.67. The minimum Gasteiger partial charge on any atom is -0.348 e. The lowest BCUT2D eigenvalue weighted by atomic mass is 10.1. The van der Waals surface area contributed by atoms with Crippen molar-refractivity contribution in [1.29, 1.82) is 0 Å². The van der Waals surface area contributed by atoms with Crippen LogP contribution in [-0.4, -0.2) is 56.8 Å². The van der Waals surface area contributed by atoms with Crippen LogP contribution >= 0.6 is 0 Å². The highest BCUT2D eigenvalue weighted by Gasteiger charge is 2.25. The second kappa shape index (κ2) is 8.65. The third kappa shape index (κ3) is 5.38. The number of carbonyl (C=O) groups is 1. The number of nitrogens with zero attached hydrogens (tertiary/aromatic N) is 2. The number of sulfonamides is 1. The van der Waals surface area contributed by atoms with Crippen molar-refractivity contribution >= 4 is 15.9 Å². The van der Waals surface area contributed by atoms with Gasteiger partial charge in [-0.2, -0.15) is 4.31 Å². The largest absolute Gasteiger partial charge is 0.348 e. The molecule has 0 unspecified atom stereocenters. The van der Waals surface area contributed by atoms with Gasteiger partial charge in [0.2, 0.25) is 10.0 Å². The Bertz CT molecular complexity index is 859. The molecular weight excluding hydrogens is 362 g/mol. The van der Waals surface area contributed by atoms with Crippen molar-refractivity contribution in [1.82, 2.24) is 14.5 Å². The molecule has 27 heavy (non-hydrogen) atoms. The molecule has 6 nitrogen and oxygen atoms in total. The molecule has 7 heteroatoms. The van der Waals surface area contributed by atoms with Crippen molar-refractivity contribution in [2.75, 3.05) is 33.2 Å². The molecule has 1 saturated heterocycles. The lowest BCUT2D eigenvalue weighted by Crippen LogP contribution is -2.47. The summed E-state index contributed by atoms with van der Waals surface area (Å²) < 4.78 is 26.7. The number of amides is 1. The van der Waals surface area contributed by atoms with Crippen molar-refractivity contribution in [3.63, 3.8) is 0 Å². The summed E-state index contributed by atoms with van der Waals surface area (Å²) in [5.41, 5.74) is 2.24. The molecule has 144 valence electrons. The van der Waals surface area contributed by atoms with E-state index in [-0.39, 0.29) is 11.7 Å². The highest BCUT2D eigenvalue weighted by atomic mass is 32.2. The SMILES string of the molecule is CN1CCN(S(=O)(=O)Cc2ccc(C(=O)NCc3ccccc3)cc2)CC1. The van der Waals surface area contributed by atoms with Crippen molar-refractivity contribution < 1.29 is 13.2 Å². The van der Waals surface area contributed by atoms with Crippen LogP contribution in [0.2, 0.25) is 0 Å². The zero-order chi connectivity index (χ0) is 19.3. The quantitative estimate of drug-likeness (QED) is 0.819. The summed E-state index contributed by atoms with van der Waals surface area (Å²) in [6.07, 6.45) is 0. The monoisotopic (exact) mass is 387 g/mol. The number of carbonyl (C=O) groups excluding carboxylic acids is 1. The number of likely N-dealkylation sites (N-methyl/N-ethyl adjacent to an activating group) is 1. The van der Waals surface area contributed by atoms with Gasteiger partial charge in [-0.25, -0.2) is 8.42 Å². The predicted molar refractivity (Wildman–Crippen MR) is 106 cm³/mol. The fourth-order valence-electron chi connectivity index (χ4n) is 3.00. The Labute approximate surface area is 160 Å². The summed E-state index contributed by atoms with van der Waals surface area (Å²) in [4.78, 5) is 14.4. The molecule has 1 fully saturated rings. The van der Waals surface area contributed by atoms with Gasteiger partial charge >= 0.3 is 0 Å². The smallest absolute Gasteiger partial charge is 0.251 e. The average molecular weight is 388 g/mol. The van der Waals surface area contributed by atoms with Gasteiger partial charge in [-0.05, 0) is 30.3 Å². The molecule has 0 aromatic heterocycles. The first-order chi connectivity index (χ1) is 12.9. The van der Waals surface area contributed by atoms with E-state index in [4.69, 9.17) is 0 Å². The van der Waals surface area contributed by atoms with Crippen LogP contribution in [0.5, 0.6) is 0 Å². The second-order valence-electron chi connectivity index (χ2n) is 6.82. The molecule has 1 aliphatic heterocycles. The van der Waals surface area contributed by atoms with Gasteiger partial charge in [-0.1, -0.05) is 42.5 Å². The minimum atomic E-state index is -3.33. The molecule has 2 aromatic carbocycles. The summed E-state index contributed by atoms with van der Waals surface area (Å²) in [6.45, 7) is 3.01. The molecule has 1 N–H and O–H groups in total. The summed E-state index contributed by atoms with van der Waals surface area (Å²) >= 11 is 0. The van der Waals surface area contributed by atoms with Crippen molar-refractivity contribution in [2.24, 2.45) is 0 Å². The molecule has 2 aromatic rings. The zero-order valence-electron chi connectivity index (χ0n) is 15.5. The standard InChI is InChI=1S/C20H25N3O3S/c1-22-11-13-23(14-12-22)27(25,26)16-18-7-9-19(10-8-18)20(24)21-15-17-5-3-2-4-6-17/h2-10H,11-16H2,1H3,(H,21,24). The van der Waals surface area contributed by atoms with E-state index >= 15 is 0 Å². The van der Waals surface area contributed by atoms with E-state index in [1.807, 2.05) is 37.4 Å². The maximum atomic E-state index is 12.6. The predicted octanol–water partition coefficient (Wildman–Crippen LogP) is 1.69. The highest BCUT2D eigenvalue weighted by Crippen LogP contribution is 2.14. The molecule has 1 amide bonds. The fourth-order valence-corrected chi connectivity index (χ4v) is 4.52. The van der Waals surface area contributed by atoms with Gasteiger partial charge < -0.3 is 10.2 Å². The Morgan fingerprint density at radius 3 is 2.19 bits per heavy atom. The van der Waals surface area contributed by atoms with E-state index in [0.29, 0.717) is 30.8 Å². The van der Waals surface area contributed by atoms with Gasteiger partial charge in [0.25, 0.3) is 5.91 Å². The number of nitrogens with one attached hydrogen (secondary N) is 1. The number of hydrogen-bond acceptors (Lipinski definition) is 4. The van der Waals surface area contributed by atoms with Crippen LogP contribution in [0.3, 0.4) is 0 Å². The van der Waals surface area contributed by atoms with Gasteiger partial charge in [-0.15, -0.1) is 0 Å². The van der Waals surface area contributed by atoms with E-state index in [9.17, 15) is 13.2 Å². The molecule has 0 bridgehead atoms. The minimum absolute atomic E-state index is 0.0391. The normalized spacial score (nSPS) is 16.2. The molecule has 0 saturated carbocycles. The van der Waals surface area contributed by atoms with E-state index in [2.05, 4.69) is 10.2 Å². The van der Waals surface area contributed by atoms with Crippen LogP contribution in [0.1, 0.15) is 21.5 Å². The van der Waals surface area contributed by atoms with E-state index in [1.54, 1.807) is 28.6 Å². The number of benzene rings is 2. The fraction of sp³-hybridized carbons (Fsp3) is 0.350. The van der Waals surface area contributed by atoms with Gasteiger partial charge in [0.15, 0.2) is 0 Å². The lowest BCUT2D eigenvalue weighted by molar-refractivity contribution is 0.0951. The summed E-state index contributed by atoms with van der Waals surface area (Å²) in [5, 5.41) is 2.87. The summed E-state index contributed by atoms with van der Waals surface area (Å²) in [5.74, 6) is -0.213.